The predicted molar refractivity (Wildman–Crippen MR) is 111 cm³/mol. The highest BCUT2D eigenvalue weighted by Crippen LogP contribution is 2.33. The summed E-state index contributed by atoms with van der Waals surface area (Å²) >= 11 is 0. The van der Waals surface area contributed by atoms with E-state index in [1.165, 1.54) is 36.3 Å². The van der Waals surface area contributed by atoms with E-state index in [0.29, 0.717) is 24.0 Å². The number of nitrogens with zero attached hydrogens (tertiary/aromatic N) is 3. The van der Waals surface area contributed by atoms with Crippen molar-refractivity contribution in [1.29, 1.82) is 0 Å². The first kappa shape index (κ1) is 21.3. The molecular weight excluding hydrogens is 433 g/mol. The van der Waals surface area contributed by atoms with Crippen LogP contribution in [0.25, 0.3) is 22.0 Å². The zero-order chi connectivity index (χ0) is 22.4. The zero-order valence-corrected chi connectivity index (χ0v) is 17.3. The standard InChI is InChI=1S/C20H19F3N4O3S/c1-27-11-26-17-15(12-2-4-13(5-3-12)20(21,22)23)10-25-18(16(17)19(27)28)24-8-9-31(29,30)14-6-7-14/h2-5,10-11,14H,6-9H2,1H3,(H,24,25). The number of benzene rings is 1. The molecule has 1 aromatic carbocycles. The van der Waals surface area contributed by atoms with Gasteiger partial charge in [-0.25, -0.2) is 18.4 Å². The third kappa shape index (κ3) is 4.27. The fourth-order valence-corrected chi connectivity index (χ4v) is 4.88. The van der Waals surface area contributed by atoms with Gasteiger partial charge in [0.1, 0.15) is 11.2 Å². The smallest absolute Gasteiger partial charge is 0.368 e. The van der Waals surface area contributed by atoms with Crippen molar-refractivity contribution < 1.29 is 21.6 Å². The number of aryl methyl sites for hydroxylation is 1. The molecule has 2 aromatic heterocycles. The van der Waals surface area contributed by atoms with Crippen LogP contribution < -0.4 is 10.9 Å². The van der Waals surface area contributed by atoms with Crippen molar-refractivity contribution in [2.24, 2.45) is 7.05 Å². The summed E-state index contributed by atoms with van der Waals surface area (Å²) in [7, 11) is -1.66. The average molecular weight is 452 g/mol. The number of sulfone groups is 1. The molecule has 0 atom stereocenters. The largest absolute Gasteiger partial charge is 0.416 e. The molecule has 31 heavy (non-hydrogen) atoms. The fraction of sp³-hybridized carbons (Fsp3) is 0.350. The lowest BCUT2D eigenvalue weighted by atomic mass is 10.0. The number of alkyl halides is 3. The van der Waals surface area contributed by atoms with Crippen LogP contribution in [0, 0.1) is 0 Å². The predicted octanol–water partition coefficient (Wildman–Crippen LogP) is 3.00. The molecule has 2 heterocycles. The minimum atomic E-state index is -4.46. The Bertz CT molecular complexity index is 1300. The van der Waals surface area contributed by atoms with Crippen molar-refractivity contribution in [1.82, 2.24) is 14.5 Å². The van der Waals surface area contributed by atoms with Crippen LogP contribution in [0.5, 0.6) is 0 Å². The molecule has 0 radical (unpaired) electrons. The summed E-state index contributed by atoms with van der Waals surface area (Å²) in [4.78, 5) is 21.3. The van der Waals surface area contributed by atoms with Crippen LogP contribution in [0.2, 0.25) is 0 Å². The molecule has 1 fully saturated rings. The second-order valence-corrected chi connectivity index (χ2v) is 9.87. The van der Waals surface area contributed by atoms with Crippen molar-refractivity contribution in [2.75, 3.05) is 17.6 Å². The number of fused-ring (bicyclic) bond motifs is 1. The number of halogens is 3. The van der Waals surface area contributed by atoms with Crippen molar-refractivity contribution in [3.63, 3.8) is 0 Å². The van der Waals surface area contributed by atoms with E-state index in [-0.39, 0.29) is 34.3 Å². The molecule has 3 aromatic rings. The van der Waals surface area contributed by atoms with Crippen LogP contribution in [-0.2, 0) is 23.1 Å². The summed E-state index contributed by atoms with van der Waals surface area (Å²) in [5, 5.41) is 2.77. The number of nitrogens with one attached hydrogen (secondary N) is 1. The summed E-state index contributed by atoms with van der Waals surface area (Å²) in [6, 6.07) is 4.51. The van der Waals surface area contributed by atoms with E-state index in [9.17, 15) is 26.4 Å². The highest BCUT2D eigenvalue weighted by atomic mass is 32.2. The van der Waals surface area contributed by atoms with Gasteiger partial charge in [0.2, 0.25) is 0 Å². The van der Waals surface area contributed by atoms with E-state index in [1.807, 2.05) is 0 Å². The zero-order valence-electron chi connectivity index (χ0n) is 16.5. The molecule has 1 aliphatic carbocycles. The van der Waals surface area contributed by atoms with Gasteiger partial charge >= 0.3 is 6.18 Å². The fourth-order valence-electron chi connectivity index (χ4n) is 3.30. The Hall–Kier alpha value is -2.95. The average Bonchev–Trinajstić information content (AvgIpc) is 3.56. The molecular formula is C20H19F3N4O3S. The van der Waals surface area contributed by atoms with Crippen molar-refractivity contribution in [3.8, 4) is 11.1 Å². The van der Waals surface area contributed by atoms with Gasteiger partial charge in [-0.3, -0.25) is 4.79 Å². The maximum absolute atomic E-state index is 12.9. The second kappa shape index (κ2) is 7.63. The van der Waals surface area contributed by atoms with Gasteiger partial charge in [0.05, 0.1) is 28.4 Å². The number of aromatic nitrogens is 3. The van der Waals surface area contributed by atoms with Crippen LogP contribution in [-0.4, -0.2) is 40.5 Å². The number of anilines is 1. The first-order valence-electron chi connectivity index (χ1n) is 9.55. The van der Waals surface area contributed by atoms with Gasteiger partial charge in [-0.2, -0.15) is 13.2 Å². The van der Waals surface area contributed by atoms with Crippen LogP contribution in [0.1, 0.15) is 18.4 Å². The lowest BCUT2D eigenvalue weighted by Gasteiger charge is -2.13. The molecule has 4 rings (SSSR count). The molecule has 1 saturated carbocycles. The summed E-state index contributed by atoms with van der Waals surface area (Å²) in [6.45, 7) is 0.0820. The Balaban J connectivity index is 1.71. The van der Waals surface area contributed by atoms with Gasteiger partial charge in [-0.05, 0) is 30.5 Å². The maximum atomic E-state index is 12.9. The number of hydrogen-bond donors (Lipinski definition) is 1. The Labute approximate surface area is 175 Å². The van der Waals surface area contributed by atoms with Crippen LogP contribution in [0.15, 0.2) is 41.6 Å². The van der Waals surface area contributed by atoms with E-state index >= 15 is 0 Å². The summed E-state index contributed by atoms with van der Waals surface area (Å²) in [6.07, 6.45) is -0.373. The molecule has 164 valence electrons. The van der Waals surface area contributed by atoms with Gasteiger partial charge in [-0.1, -0.05) is 12.1 Å². The molecule has 7 nitrogen and oxygen atoms in total. The minimum absolute atomic E-state index is 0.0813. The highest BCUT2D eigenvalue weighted by molar-refractivity contribution is 7.92. The third-order valence-corrected chi connectivity index (χ3v) is 7.44. The maximum Gasteiger partial charge on any atom is 0.416 e. The number of hydrogen-bond acceptors (Lipinski definition) is 6. The number of rotatable bonds is 6. The van der Waals surface area contributed by atoms with E-state index < -0.39 is 27.1 Å². The number of pyridine rings is 1. The first-order chi connectivity index (χ1) is 14.6. The van der Waals surface area contributed by atoms with E-state index in [0.717, 1.165) is 12.1 Å². The summed E-state index contributed by atoms with van der Waals surface area (Å²) in [5.41, 5.74) is -0.0940. The molecule has 0 amide bonds. The summed E-state index contributed by atoms with van der Waals surface area (Å²) < 4.78 is 64.0. The molecule has 1 N–H and O–H groups in total. The first-order valence-corrected chi connectivity index (χ1v) is 11.3. The minimum Gasteiger partial charge on any atom is -0.368 e. The van der Waals surface area contributed by atoms with Crippen LogP contribution >= 0.6 is 0 Å². The quantitative estimate of drug-likeness (QED) is 0.618. The Morgan fingerprint density at radius 2 is 1.84 bits per heavy atom. The topological polar surface area (TPSA) is 93.9 Å². The van der Waals surface area contributed by atoms with E-state index in [2.05, 4.69) is 15.3 Å². The SMILES string of the molecule is Cn1cnc2c(-c3ccc(C(F)(F)F)cc3)cnc(NCCS(=O)(=O)C3CC3)c2c1=O. The molecule has 0 aliphatic heterocycles. The Morgan fingerprint density at radius 3 is 2.45 bits per heavy atom. The Morgan fingerprint density at radius 1 is 1.16 bits per heavy atom. The van der Waals surface area contributed by atoms with Gasteiger partial charge < -0.3 is 9.88 Å². The summed E-state index contributed by atoms with van der Waals surface area (Å²) in [5.74, 6) is 0.104. The van der Waals surface area contributed by atoms with Crippen molar-refractivity contribution in [2.45, 2.75) is 24.3 Å². The molecule has 0 bridgehead atoms. The van der Waals surface area contributed by atoms with Crippen molar-refractivity contribution in [3.05, 3.63) is 52.7 Å². The van der Waals surface area contributed by atoms with Gasteiger partial charge in [0.25, 0.3) is 5.56 Å². The van der Waals surface area contributed by atoms with E-state index in [1.54, 1.807) is 0 Å². The van der Waals surface area contributed by atoms with Gasteiger partial charge in [0, 0.05) is 25.4 Å². The highest BCUT2D eigenvalue weighted by Gasteiger charge is 2.35. The Kier molecular flexibility index (Phi) is 5.24. The lowest BCUT2D eigenvalue weighted by molar-refractivity contribution is -0.137. The van der Waals surface area contributed by atoms with Crippen LogP contribution in [0.3, 0.4) is 0 Å². The molecule has 0 unspecified atom stereocenters. The molecule has 0 saturated heterocycles. The van der Waals surface area contributed by atoms with E-state index in [4.69, 9.17) is 0 Å². The third-order valence-electron chi connectivity index (χ3n) is 5.18. The monoisotopic (exact) mass is 452 g/mol. The molecule has 0 spiro atoms. The normalized spacial score (nSPS) is 14.7. The van der Waals surface area contributed by atoms with Gasteiger partial charge in [0.15, 0.2) is 9.84 Å². The second-order valence-electron chi connectivity index (χ2n) is 7.47. The lowest BCUT2D eigenvalue weighted by Crippen LogP contribution is -2.22. The van der Waals surface area contributed by atoms with Crippen LogP contribution in [0.4, 0.5) is 19.0 Å². The van der Waals surface area contributed by atoms with Gasteiger partial charge in [-0.15, -0.1) is 0 Å². The molecule has 1 aliphatic rings. The van der Waals surface area contributed by atoms with Crippen molar-refractivity contribution >= 4 is 26.6 Å². The molecule has 11 heteroatoms.